The third-order valence-electron chi connectivity index (χ3n) is 7.17. The van der Waals surface area contributed by atoms with Crippen LogP contribution in [0.25, 0.3) is 11.1 Å². The van der Waals surface area contributed by atoms with Gasteiger partial charge in [-0.3, -0.25) is 0 Å². The van der Waals surface area contributed by atoms with Gasteiger partial charge in [-0.1, -0.05) is 69.3 Å². The van der Waals surface area contributed by atoms with E-state index in [-0.39, 0.29) is 43.4 Å². The number of unbranched alkanes of at least 4 members (excludes halogenated alkanes) is 2. The van der Waals surface area contributed by atoms with Crippen LogP contribution in [0.4, 0.5) is 4.39 Å². The van der Waals surface area contributed by atoms with Crippen molar-refractivity contribution in [1.29, 1.82) is 0 Å². The summed E-state index contributed by atoms with van der Waals surface area (Å²) in [4.78, 5) is 23.5. The van der Waals surface area contributed by atoms with Gasteiger partial charge in [0.25, 0.3) is 0 Å². The number of hydrogen-bond acceptors (Lipinski definition) is 8. The molecule has 0 aliphatic heterocycles. The Morgan fingerprint density at radius 3 is 1.74 bits per heavy atom. The lowest BCUT2D eigenvalue weighted by atomic mass is 9.98. The van der Waals surface area contributed by atoms with E-state index < -0.39 is 25.2 Å². The monoisotopic (exact) mass is 634 g/mol. The van der Waals surface area contributed by atoms with Crippen molar-refractivity contribution >= 4 is 11.9 Å². The van der Waals surface area contributed by atoms with Crippen LogP contribution >= 0.6 is 0 Å². The summed E-state index contributed by atoms with van der Waals surface area (Å²) in [7, 11) is 0. The van der Waals surface area contributed by atoms with Crippen molar-refractivity contribution in [3.05, 3.63) is 107 Å². The molecule has 3 rings (SSSR count). The minimum atomic E-state index is -0.702. The molecular formula is C37H43FO8. The minimum Gasteiger partial charge on any atom is -0.490 e. The summed E-state index contributed by atoms with van der Waals surface area (Å²) in [6, 6.07) is 18.9. The lowest BCUT2D eigenvalue weighted by molar-refractivity contribution is -0.141. The Hall–Kier alpha value is -4.47. The largest absolute Gasteiger partial charge is 0.490 e. The molecule has 0 bridgehead atoms. The average molecular weight is 635 g/mol. The van der Waals surface area contributed by atoms with Crippen LogP contribution in [0, 0.1) is 5.82 Å². The number of aliphatic hydroxyl groups excluding tert-OH is 2. The fraction of sp³-hybridized carbons (Fsp3) is 0.351. The minimum absolute atomic E-state index is 0.0488. The number of halogens is 1. The average Bonchev–Trinajstić information content (AvgIpc) is 3.07. The van der Waals surface area contributed by atoms with Gasteiger partial charge < -0.3 is 29.2 Å². The molecular weight excluding hydrogens is 591 g/mol. The fourth-order valence-electron chi connectivity index (χ4n) is 4.49. The molecule has 0 spiro atoms. The van der Waals surface area contributed by atoms with Gasteiger partial charge in [0.2, 0.25) is 0 Å². The molecule has 0 fully saturated rings. The molecule has 246 valence electrons. The topological polar surface area (TPSA) is 112 Å². The van der Waals surface area contributed by atoms with Crippen molar-refractivity contribution in [1.82, 2.24) is 0 Å². The summed E-state index contributed by atoms with van der Waals surface area (Å²) < 4.78 is 36.3. The van der Waals surface area contributed by atoms with Gasteiger partial charge in [0.1, 0.15) is 43.7 Å². The molecule has 0 unspecified atom stereocenters. The molecule has 0 saturated heterocycles. The van der Waals surface area contributed by atoms with Crippen molar-refractivity contribution in [2.45, 2.75) is 45.4 Å². The van der Waals surface area contributed by atoms with Crippen molar-refractivity contribution < 1.29 is 43.1 Å². The van der Waals surface area contributed by atoms with E-state index >= 15 is 0 Å². The lowest BCUT2D eigenvalue weighted by Gasteiger charge is -2.14. The molecule has 0 atom stereocenters. The Bertz CT molecular complexity index is 1410. The predicted molar refractivity (Wildman–Crippen MR) is 174 cm³/mol. The molecule has 0 radical (unpaired) electrons. The Morgan fingerprint density at radius 1 is 0.674 bits per heavy atom. The molecule has 3 aromatic carbocycles. The second kappa shape index (κ2) is 19.1. The third kappa shape index (κ3) is 11.8. The zero-order valence-corrected chi connectivity index (χ0v) is 26.4. The van der Waals surface area contributed by atoms with Crippen LogP contribution in [0.2, 0.25) is 0 Å². The van der Waals surface area contributed by atoms with Crippen LogP contribution in [-0.2, 0) is 38.3 Å². The third-order valence-corrected chi connectivity index (χ3v) is 7.17. The number of ether oxygens (including phenoxy) is 4. The van der Waals surface area contributed by atoms with Crippen LogP contribution < -0.4 is 9.47 Å². The van der Waals surface area contributed by atoms with Gasteiger partial charge >= 0.3 is 11.9 Å². The van der Waals surface area contributed by atoms with Gasteiger partial charge in [-0.2, -0.15) is 0 Å². The van der Waals surface area contributed by atoms with Gasteiger partial charge in [-0.15, -0.1) is 0 Å². The Labute approximate surface area is 270 Å². The maximum atomic E-state index is 14.6. The molecule has 0 amide bonds. The summed E-state index contributed by atoms with van der Waals surface area (Å²) in [6.45, 7) is 8.01. The van der Waals surface area contributed by atoms with Crippen LogP contribution in [0.5, 0.6) is 11.5 Å². The highest BCUT2D eigenvalue weighted by Crippen LogP contribution is 2.30. The maximum absolute atomic E-state index is 14.6. The fourth-order valence-corrected chi connectivity index (χ4v) is 4.49. The van der Waals surface area contributed by atoms with Gasteiger partial charge in [0.15, 0.2) is 0 Å². The Kier molecular flexibility index (Phi) is 15.0. The number of carbonyl (C=O) groups is 2. The highest BCUT2D eigenvalue weighted by molar-refractivity contribution is 5.88. The summed E-state index contributed by atoms with van der Waals surface area (Å²) in [5, 5.41) is 18.0. The Balaban J connectivity index is 1.66. The van der Waals surface area contributed by atoms with Crippen molar-refractivity contribution in [2.75, 3.05) is 39.6 Å². The van der Waals surface area contributed by atoms with E-state index in [1.54, 1.807) is 12.1 Å². The van der Waals surface area contributed by atoms with E-state index in [1.807, 2.05) is 48.5 Å². The van der Waals surface area contributed by atoms with Crippen LogP contribution in [0.1, 0.15) is 42.9 Å². The standard InChI is InChI=1S/C37H43FO8/c1-4-5-6-7-31-15-12-29(20-35(31)38)9-8-28-10-13-30(14-11-28)32-21-33(43-16-18-45-36(41)26(2)24-39)23-34(22-32)44-17-19-46-37(42)27(3)25-40/h10-15,20-23,39-40H,2-9,16-19,24-25H2,1H3. The molecule has 8 nitrogen and oxygen atoms in total. The molecule has 2 N–H and O–H groups in total. The lowest BCUT2D eigenvalue weighted by Crippen LogP contribution is -2.15. The van der Waals surface area contributed by atoms with Crippen LogP contribution in [0.3, 0.4) is 0 Å². The maximum Gasteiger partial charge on any atom is 0.335 e. The molecule has 0 heterocycles. The molecule has 46 heavy (non-hydrogen) atoms. The normalized spacial score (nSPS) is 10.7. The first-order chi connectivity index (χ1) is 22.2. The first kappa shape index (κ1) is 36.0. The van der Waals surface area contributed by atoms with E-state index in [9.17, 15) is 14.0 Å². The smallest absolute Gasteiger partial charge is 0.335 e. The van der Waals surface area contributed by atoms with Crippen molar-refractivity contribution in [3.8, 4) is 22.6 Å². The summed E-state index contributed by atoms with van der Waals surface area (Å²) in [5.41, 5.74) is 4.45. The van der Waals surface area contributed by atoms with E-state index in [2.05, 4.69) is 20.1 Å². The number of aryl methyl sites for hydroxylation is 3. The predicted octanol–water partition coefficient (Wildman–Crippen LogP) is 5.95. The van der Waals surface area contributed by atoms with Crippen LogP contribution in [0.15, 0.2) is 85.0 Å². The number of hydrogen-bond donors (Lipinski definition) is 2. The number of carbonyl (C=O) groups excluding carboxylic acids is 2. The van der Waals surface area contributed by atoms with Gasteiger partial charge in [0, 0.05) is 6.07 Å². The van der Waals surface area contributed by atoms with E-state index in [0.29, 0.717) is 11.5 Å². The van der Waals surface area contributed by atoms with Gasteiger partial charge in [0.05, 0.1) is 24.4 Å². The van der Waals surface area contributed by atoms with Crippen molar-refractivity contribution in [2.24, 2.45) is 0 Å². The molecule has 9 heteroatoms. The quantitative estimate of drug-likeness (QED) is 0.0891. The van der Waals surface area contributed by atoms with E-state index in [1.165, 1.54) is 0 Å². The summed E-state index contributed by atoms with van der Waals surface area (Å²) >= 11 is 0. The van der Waals surface area contributed by atoms with E-state index in [4.69, 9.17) is 29.2 Å². The summed E-state index contributed by atoms with van der Waals surface area (Å²) in [6.07, 6.45) is 5.45. The second-order valence-electron chi connectivity index (χ2n) is 10.8. The van der Waals surface area contributed by atoms with E-state index in [0.717, 1.165) is 66.3 Å². The Morgan fingerprint density at radius 2 is 1.22 bits per heavy atom. The molecule has 0 aliphatic rings. The molecule has 3 aromatic rings. The first-order valence-corrected chi connectivity index (χ1v) is 15.4. The molecule has 0 saturated carbocycles. The number of esters is 2. The van der Waals surface area contributed by atoms with Gasteiger partial charge in [-0.05, 0) is 71.7 Å². The second-order valence-corrected chi connectivity index (χ2v) is 10.8. The van der Waals surface area contributed by atoms with Crippen LogP contribution in [-0.4, -0.2) is 61.8 Å². The number of aliphatic hydroxyl groups is 2. The SMILES string of the molecule is C=C(CO)C(=O)OCCOc1cc(OCCOC(=O)C(=C)CO)cc(-c2ccc(CCc3ccc(CCCCC)c(F)c3)cc2)c1. The highest BCUT2D eigenvalue weighted by Gasteiger charge is 2.11. The molecule has 0 aliphatic carbocycles. The highest BCUT2D eigenvalue weighted by atomic mass is 19.1. The zero-order chi connectivity index (χ0) is 33.3. The zero-order valence-electron chi connectivity index (χ0n) is 26.4. The summed E-state index contributed by atoms with van der Waals surface area (Å²) in [5.74, 6) is -0.621. The van der Waals surface area contributed by atoms with Gasteiger partial charge in [-0.25, -0.2) is 14.0 Å². The van der Waals surface area contributed by atoms with Crippen molar-refractivity contribution in [3.63, 3.8) is 0 Å². The number of rotatable bonds is 20. The molecule has 0 aromatic heterocycles. The first-order valence-electron chi connectivity index (χ1n) is 15.4. The number of benzene rings is 3.